The molecular weight excluding hydrogens is 306 g/mol. The largest absolute Gasteiger partial charge is 0.356 e. The topological polar surface area (TPSA) is 71.1 Å². The maximum Gasteiger partial charge on any atom is 0.258 e. The number of carbonyl (C=O) groups is 2. The predicted molar refractivity (Wildman–Crippen MR) is 86.0 cm³/mol. The third-order valence-corrected chi connectivity index (χ3v) is 4.24. The van der Waals surface area contributed by atoms with Crippen LogP contribution in [0.25, 0.3) is 0 Å². The number of nitrogens with zero attached hydrogens (tertiary/aromatic N) is 1. The lowest BCUT2D eigenvalue weighted by Gasteiger charge is -2.02. The summed E-state index contributed by atoms with van der Waals surface area (Å²) in [6, 6.07) is 1.76. The fourth-order valence-electron chi connectivity index (χ4n) is 1.64. The van der Waals surface area contributed by atoms with Gasteiger partial charge in [-0.1, -0.05) is 13.3 Å². The Labute approximate surface area is 131 Å². The summed E-state index contributed by atoms with van der Waals surface area (Å²) < 4.78 is 0. The van der Waals surface area contributed by atoms with Crippen molar-refractivity contribution in [2.45, 2.75) is 26.2 Å². The highest BCUT2D eigenvalue weighted by Crippen LogP contribution is 2.17. The van der Waals surface area contributed by atoms with Crippen LogP contribution in [-0.4, -0.2) is 23.3 Å². The van der Waals surface area contributed by atoms with Gasteiger partial charge in [0.1, 0.15) is 0 Å². The van der Waals surface area contributed by atoms with E-state index >= 15 is 0 Å². The lowest BCUT2D eigenvalue weighted by molar-refractivity contribution is -0.120. The molecule has 2 N–H and O–H groups in total. The zero-order chi connectivity index (χ0) is 15.1. The molecule has 2 amide bonds. The molecule has 0 fully saturated rings. The Hall–Kier alpha value is -1.73. The van der Waals surface area contributed by atoms with Crippen molar-refractivity contribution >= 4 is 39.6 Å². The normalized spacial score (nSPS) is 10.3. The van der Waals surface area contributed by atoms with Crippen LogP contribution in [0.1, 0.15) is 35.8 Å². The van der Waals surface area contributed by atoms with Crippen LogP contribution in [0.3, 0.4) is 0 Å². The molecule has 21 heavy (non-hydrogen) atoms. The van der Waals surface area contributed by atoms with Crippen molar-refractivity contribution in [3.05, 3.63) is 33.5 Å². The number of thiazole rings is 1. The number of rotatable bonds is 7. The third kappa shape index (κ3) is 4.95. The number of carbonyl (C=O) groups excluding carboxylic acids is 2. The quantitative estimate of drug-likeness (QED) is 0.770. The average Bonchev–Trinajstić information content (AvgIpc) is 3.10. The molecule has 0 aromatic carbocycles. The van der Waals surface area contributed by atoms with Crippen LogP contribution in [-0.2, 0) is 11.2 Å². The fraction of sp³-hybridized carbons (Fsp3) is 0.357. The monoisotopic (exact) mass is 323 g/mol. The van der Waals surface area contributed by atoms with Gasteiger partial charge in [-0.2, -0.15) is 11.3 Å². The van der Waals surface area contributed by atoms with E-state index in [1.54, 1.807) is 16.8 Å². The van der Waals surface area contributed by atoms with Gasteiger partial charge in [0.2, 0.25) is 5.91 Å². The van der Waals surface area contributed by atoms with E-state index in [9.17, 15) is 9.59 Å². The highest BCUT2D eigenvalue weighted by Gasteiger charge is 2.11. The molecule has 0 saturated heterocycles. The van der Waals surface area contributed by atoms with Crippen molar-refractivity contribution < 1.29 is 9.59 Å². The van der Waals surface area contributed by atoms with E-state index in [2.05, 4.69) is 22.5 Å². The van der Waals surface area contributed by atoms with Crippen LogP contribution in [0.2, 0.25) is 0 Å². The number of nitrogens with one attached hydrogen (secondary N) is 2. The van der Waals surface area contributed by atoms with Gasteiger partial charge >= 0.3 is 0 Å². The minimum Gasteiger partial charge on any atom is -0.356 e. The number of unbranched alkanes of at least 4 members (excludes halogenated alkanes) is 1. The maximum atomic E-state index is 11.9. The molecule has 0 unspecified atom stereocenters. The molecule has 0 aliphatic carbocycles. The zero-order valence-corrected chi connectivity index (χ0v) is 13.4. The smallest absolute Gasteiger partial charge is 0.258 e. The van der Waals surface area contributed by atoms with Crippen molar-refractivity contribution in [3.63, 3.8) is 0 Å². The van der Waals surface area contributed by atoms with Crippen molar-refractivity contribution in [1.29, 1.82) is 0 Å². The van der Waals surface area contributed by atoms with Crippen LogP contribution in [0, 0.1) is 0 Å². The van der Waals surface area contributed by atoms with Crippen LogP contribution in [0.5, 0.6) is 0 Å². The molecule has 112 valence electrons. The first-order valence-electron chi connectivity index (χ1n) is 6.73. The second-order valence-electron chi connectivity index (χ2n) is 4.49. The summed E-state index contributed by atoms with van der Waals surface area (Å²) >= 11 is 2.80. The Kier molecular flexibility index (Phi) is 5.89. The number of amides is 2. The van der Waals surface area contributed by atoms with Gasteiger partial charge in [-0.15, -0.1) is 11.3 Å². The molecule has 5 nitrogen and oxygen atoms in total. The zero-order valence-electron chi connectivity index (χ0n) is 11.7. The molecule has 0 radical (unpaired) electrons. The van der Waals surface area contributed by atoms with Crippen molar-refractivity contribution in [2.24, 2.45) is 0 Å². The molecule has 7 heteroatoms. The van der Waals surface area contributed by atoms with Crippen molar-refractivity contribution in [1.82, 2.24) is 10.3 Å². The molecule has 2 rings (SSSR count). The molecule has 0 aliphatic rings. The summed E-state index contributed by atoms with van der Waals surface area (Å²) in [6.07, 6.45) is 2.27. The van der Waals surface area contributed by atoms with Gasteiger partial charge in [-0.05, 0) is 17.9 Å². The fourth-order valence-corrected chi connectivity index (χ4v) is 2.98. The molecule has 0 saturated carbocycles. The summed E-state index contributed by atoms with van der Waals surface area (Å²) in [4.78, 5) is 27.8. The standard InChI is InChI=1S/C14H17N3O2S2/c1-2-3-5-15-12(18)7-11-9-21-14(16-11)17-13(19)10-4-6-20-8-10/h4,6,8-9H,2-3,5,7H2,1H3,(H,15,18)(H,16,17,19). The van der Waals surface area contributed by atoms with Crippen LogP contribution >= 0.6 is 22.7 Å². The summed E-state index contributed by atoms with van der Waals surface area (Å²) in [5, 5.41) is 11.5. The third-order valence-electron chi connectivity index (χ3n) is 2.75. The van der Waals surface area contributed by atoms with Gasteiger partial charge in [0.05, 0.1) is 17.7 Å². The van der Waals surface area contributed by atoms with Crippen molar-refractivity contribution in [2.75, 3.05) is 11.9 Å². The van der Waals surface area contributed by atoms with E-state index in [0.717, 1.165) is 12.8 Å². The van der Waals surface area contributed by atoms with Gasteiger partial charge in [0, 0.05) is 17.3 Å². The Bertz CT molecular complexity index is 593. The first kappa shape index (κ1) is 15.7. The molecule has 0 spiro atoms. The molecule has 0 atom stereocenters. The van der Waals surface area contributed by atoms with Crippen LogP contribution < -0.4 is 10.6 Å². The molecular formula is C14H17N3O2S2. The number of hydrogen-bond acceptors (Lipinski definition) is 5. The summed E-state index contributed by atoms with van der Waals surface area (Å²) in [7, 11) is 0. The van der Waals surface area contributed by atoms with Gasteiger partial charge < -0.3 is 5.32 Å². The highest BCUT2D eigenvalue weighted by atomic mass is 32.1. The Balaban J connectivity index is 1.84. The van der Waals surface area contributed by atoms with Gasteiger partial charge in [0.15, 0.2) is 5.13 Å². The Morgan fingerprint density at radius 3 is 2.90 bits per heavy atom. The highest BCUT2D eigenvalue weighted by molar-refractivity contribution is 7.14. The number of aromatic nitrogens is 1. The van der Waals surface area contributed by atoms with Crippen LogP contribution in [0.4, 0.5) is 5.13 Å². The number of thiophene rings is 1. The van der Waals surface area contributed by atoms with E-state index in [1.807, 2.05) is 5.38 Å². The van der Waals surface area contributed by atoms with Gasteiger partial charge in [-0.3, -0.25) is 14.9 Å². The summed E-state index contributed by atoms with van der Waals surface area (Å²) in [5.74, 6) is -0.214. The molecule has 2 aromatic heterocycles. The molecule has 0 bridgehead atoms. The van der Waals surface area contributed by atoms with E-state index in [1.165, 1.54) is 22.7 Å². The van der Waals surface area contributed by atoms with Crippen molar-refractivity contribution in [3.8, 4) is 0 Å². The van der Waals surface area contributed by atoms with E-state index in [4.69, 9.17) is 0 Å². The predicted octanol–water partition coefficient (Wildman–Crippen LogP) is 2.92. The van der Waals surface area contributed by atoms with E-state index in [-0.39, 0.29) is 18.2 Å². The minimum absolute atomic E-state index is 0.0375. The second kappa shape index (κ2) is 7.90. The first-order valence-corrected chi connectivity index (χ1v) is 8.56. The van der Waals surface area contributed by atoms with Crippen LogP contribution in [0.15, 0.2) is 22.2 Å². The molecule has 0 aliphatic heterocycles. The first-order chi connectivity index (χ1) is 10.2. The number of anilines is 1. The SMILES string of the molecule is CCCCNC(=O)Cc1csc(NC(=O)c2ccsc2)n1. The lowest BCUT2D eigenvalue weighted by Crippen LogP contribution is -2.26. The molecule has 2 aromatic rings. The minimum atomic E-state index is -0.176. The Morgan fingerprint density at radius 1 is 1.33 bits per heavy atom. The lowest BCUT2D eigenvalue weighted by atomic mass is 10.3. The maximum absolute atomic E-state index is 11.9. The van der Waals surface area contributed by atoms with E-state index in [0.29, 0.717) is 22.9 Å². The Morgan fingerprint density at radius 2 is 2.19 bits per heavy atom. The average molecular weight is 323 g/mol. The van der Waals surface area contributed by atoms with Gasteiger partial charge in [0.25, 0.3) is 5.91 Å². The number of hydrogen-bond donors (Lipinski definition) is 2. The summed E-state index contributed by atoms with van der Waals surface area (Å²) in [6.45, 7) is 2.77. The summed E-state index contributed by atoms with van der Waals surface area (Å²) in [5.41, 5.74) is 1.30. The van der Waals surface area contributed by atoms with E-state index < -0.39 is 0 Å². The van der Waals surface area contributed by atoms with Gasteiger partial charge in [-0.25, -0.2) is 4.98 Å². The second-order valence-corrected chi connectivity index (χ2v) is 6.13. The molecule has 2 heterocycles.